The number of piperidine rings is 1. The van der Waals surface area contributed by atoms with E-state index in [0.717, 1.165) is 37.0 Å². The van der Waals surface area contributed by atoms with Gasteiger partial charge < -0.3 is 5.32 Å². The summed E-state index contributed by atoms with van der Waals surface area (Å²) in [6.07, 6.45) is 3.52. The second kappa shape index (κ2) is 8.99. The number of thiophene rings is 1. The van der Waals surface area contributed by atoms with E-state index in [0.29, 0.717) is 30.4 Å². The molecule has 0 saturated carbocycles. The molecule has 1 aromatic heterocycles. The third kappa shape index (κ3) is 5.18. The molecular formula is C20H26N2O3S2. The van der Waals surface area contributed by atoms with Gasteiger partial charge in [-0.25, -0.2) is 8.42 Å². The Hall–Kier alpha value is -1.70. The monoisotopic (exact) mass is 406 g/mol. The highest BCUT2D eigenvalue weighted by molar-refractivity contribution is 7.91. The fourth-order valence-corrected chi connectivity index (χ4v) is 6.01. The van der Waals surface area contributed by atoms with E-state index in [1.165, 1.54) is 5.56 Å². The lowest BCUT2D eigenvalue weighted by atomic mass is 10.0. The first kappa shape index (κ1) is 20.0. The number of sulfonamides is 1. The number of carbonyl (C=O) groups excluding carboxylic acids is 1. The van der Waals surface area contributed by atoms with Gasteiger partial charge in [-0.15, -0.1) is 11.3 Å². The van der Waals surface area contributed by atoms with E-state index in [2.05, 4.69) is 24.4 Å². The summed E-state index contributed by atoms with van der Waals surface area (Å²) in [6, 6.07) is 13.3. The third-order valence-electron chi connectivity index (χ3n) is 4.91. The van der Waals surface area contributed by atoms with Crippen molar-refractivity contribution in [2.45, 2.75) is 36.8 Å². The average Bonchev–Trinajstić information content (AvgIpc) is 3.17. The highest BCUT2D eigenvalue weighted by Crippen LogP contribution is 2.28. The largest absolute Gasteiger partial charge is 0.351 e. The van der Waals surface area contributed by atoms with Crippen LogP contribution in [0.1, 0.15) is 41.4 Å². The van der Waals surface area contributed by atoms with Crippen LogP contribution in [-0.4, -0.2) is 38.3 Å². The second-order valence-electron chi connectivity index (χ2n) is 7.05. The van der Waals surface area contributed by atoms with Gasteiger partial charge in [-0.2, -0.15) is 4.31 Å². The molecule has 1 saturated heterocycles. The van der Waals surface area contributed by atoms with E-state index in [1.54, 1.807) is 16.4 Å². The van der Waals surface area contributed by atoms with Crippen LogP contribution in [0.2, 0.25) is 0 Å². The summed E-state index contributed by atoms with van der Waals surface area (Å²) >= 11 is 1.06. The Labute approximate surface area is 165 Å². The van der Waals surface area contributed by atoms with Gasteiger partial charge in [0.25, 0.3) is 15.9 Å². The van der Waals surface area contributed by atoms with Crippen LogP contribution < -0.4 is 5.32 Å². The van der Waals surface area contributed by atoms with E-state index >= 15 is 0 Å². The van der Waals surface area contributed by atoms with Crippen LogP contribution in [0.25, 0.3) is 0 Å². The normalized spacial score (nSPS) is 16.3. The zero-order valence-corrected chi connectivity index (χ0v) is 17.2. The lowest BCUT2D eigenvalue weighted by molar-refractivity contribution is 0.0957. The van der Waals surface area contributed by atoms with Crippen molar-refractivity contribution in [3.8, 4) is 0 Å². The molecule has 3 rings (SSSR count). The van der Waals surface area contributed by atoms with Gasteiger partial charge in [0.05, 0.1) is 4.88 Å². The Morgan fingerprint density at radius 1 is 1.15 bits per heavy atom. The zero-order chi connectivity index (χ0) is 19.3. The molecule has 0 spiro atoms. The van der Waals surface area contributed by atoms with Crippen molar-refractivity contribution >= 4 is 27.3 Å². The van der Waals surface area contributed by atoms with Crippen LogP contribution in [-0.2, 0) is 16.4 Å². The van der Waals surface area contributed by atoms with E-state index in [9.17, 15) is 13.2 Å². The number of benzene rings is 1. The van der Waals surface area contributed by atoms with Crippen molar-refractivity contribution in [2.75, 3.05) is 19.6 Å². The molecule has 1 aliphatic heterocycles. The first-order valence-electron chi connectivity index (χ1n) is 9.39. The first-order valence-corrected chi connectivity index (χ1v) is 11.6. The number of amides is 1. The summed E-state index contributed by atoms with van der Waals surface area (Å²) in [4.78, 5) is 12.7. The fraction of sp³-hybridized carbons (Fsp3) is 0.450. The predicted octanol–water partition coefficient (Wildman–Crippen LogP) is 3.53. The van der Waals surface area contributed by atoms with E-state index in [4.69, 9.17) is 0 Å². The Morgan fingerprint density at radius 2 is 1.85 bits per heavy atom. The number of nitrogens with zero attached hydrogens (tertiary/aromatic N) is 1. The van der Waals surface area contributed by atoms with Crippen molar-refractivity contribution in [2.24, 2.45) is 5.92 Å². The van der Waals surface area contributed by atoms with Gasteiger partial charge >= 0.3 is 0 Å². The molecule has 1 N–H and O–H groups in total. The molecule has 1 fully saturated rings. The molecule has 0 radical (unpaired) electrons. The molecule has 1 aromatic carbocycles. The van der Waals surface area contributed by atoms with Crippen molar-refractivity contribution < 1.29 is 13.2 Å². The molecule has 1 aliphatic rings. The molecule has 5 nitrogen and oxygen atoms in total. The topological polar surface area (TPSA) is 66.5 Å². The maximum absolute atomic E-state index is 12.8. The van der Waals surface area contributed by atoms with Crippen molar-refractivity contribution in [1.82, 2.24) is 9.62 Å². The van der Waals surface area contributed by atoms with E-state index in [1.807, 2.05) is 18.2 Å². The van der Waals surface area contributed by atoms with E-state index in [-0.39, 0.29) is 10.1 Å². The van der Waals surface area contributed by atoms with Crippen LogP contribution in [0.5, 0.6) is 0 Å². The van der Waals surface area contributed by atoms with E-state index < -0.39 is 10.0 Å². The highest BCUT2D eigenvalue weighted by Gasteiger charge is 2.29. The molecule has 146 valence electrons. The van der Waals surface area contributed by atoms with Gasteiger partial charge in [0.1, 0.15) is 4.21 Å². The quantitative estimate of drug-likeness (QED) is 0.716. The average molecular weight is 407 g/mol. The summed E-state index contributed by atoms with van der Waals surface area (Å²) < 4.78 is 27.3. The lowest BCUT2D eigenvalue weighted by Crippen LogP contribution is -2.37. The Bertz CT molecular complexity index is 854. The summed E-state index contributed by atoms with van der Waals surface area (Å²) in [5.74, 6) is 0.360. The standard InChI is InChI=1S/C20H26N2O3S2/c1-16-11-14-22(15-12-16)27(24,25)19-10-9-18(26-19)20(23)21-13-5-8-17-6-3-2-4-7-17/h2-4,6-7,9-10,16H,5,8,11-15H2,1H3,(H,21,23). The van der Waals surface area contributed by atoms with Gasteiger partial charge in [-0.3, -0.25) is 4.79 Å². The number of hydrogen-bond donors (Lipinski definition) is 1. The number of carbonyl (C=O) groups is 1. The number of nitrogens with one attached hydrogen (secondary N) is 1. The Kier molecular flexibility index (Phi) is 6.68. The van der Waals surface area contributed by atoms with Gasteiger partial charge in [0.15, 0.2) is 0 Å². The zero-order valence-electron chi connectivity index (χ0n) is 15.6. The number of hydrogen-bond acceptors (Lipinski definition) is 4. The molecule has 7 heteroatoms. The molecule has 0 bridgehead atoms. The molecule has 27 heavy (non-hydrogen) atoms. The number of rotatable bonds is 7. The Balaban J connectivity index is 1.52. The van der Waals surface area contributed by atoms with Gasteiger partial charge in [0.2, 0.25) is 0 Å². The molecular weight excluding hydrogens is 380 g/mol. The fourth-order valence-electron chi connectivity index (χ4n) is 3.16. The lowest BCUT2D eigenvalue weighted by Gasteiger charge is -2.28. The summed E-state index contributed by atoms with van der Waals surface area (Å²) in [7, 11) is -3.49. The van der Waals surface area contributed by atoms with Crippen molar-refractivity contribution in [3.05, 3.63) is 52.9 Å². The van der Waals surface area contributed by atoms with Crippen LogP contribution in [0.4, 0.5) is 0 Å². The van der Waals surface area contributed by atoms with Crippen LogP contribution in [0, 0.1) is 5.92 Å². The minimum absolute atomic E-state index is 0.207. The van der Waals surface area contributed by atoms with Gasteiger partial charge in [-0.1, -0.05) is 37.3 Å². The third-order valence-corrected chi connectivity index (χ3v) is 8.36. The minimum Gasteiger partial charge on any atom is -0.351 e. The molecule has 2 heterocycles. The molecule has 0 aliphatic carbocycles. The molecule has 0 atom stereocenters. The van der Waals surface area contributed by atoms with Crippen LogP contribution >= 0.6 is 11.3 Å². The second-order valence-corrected chi connectivity index (χ2v) is 10.3. The van der Waals surface area contributed by atoms with Gasteiger partial charge in [0, 0.05) is 19.6 Å². The minimum atomic E-state index is -3.49. The summed E-state index contributed by atoms with van der Waals surface area (Å²) in [5, 5.41) is 2.88. The van der Waals surface area contributed by atoms with Crippen molar-refractivity contribution in [3.63, 3.8) is 0 Å². The smallest absolute Gasteiger partial charge is 0.261 e. The predicted molar refractivity (Wildman–Crippen MR) is 109 cm³/mol. The maximum Gasteiger partial charge on any atom is 0.261 e. The number of aryl methyl sites for hydroxylation is 1. The first-order chi connectivity index (χ1) is 13.0. The summed E-state index contributed by atoms with van der Waals surface area (Å²) in [6.45, 7) is 3.83. The summed E-state index contributed by atoms with van der Waals surface area (Å²) in [5.41, 5.74) is 1.24. The van der Waals surface area contributed by atoms with Crippen molar-refractivity contribution in [1.29, 1.82) is 0 Å². The highest BCUT2D eigenvalue weighted by atomic mass is 32.2. The van der Waals surface area contributed by atoms with Gasteiger partial charge in [-0.05, 0) is 49.3 Å². The maximum atomic E-state index is 12.8. The molecule has 1 amide bonds. The SMILES string of the molecule is CC1CCN(S(=O)(=O)c2ccc(C(=O)NCCCc3ccccc3)s2)CC1. The molecule has 0 unspecified atom stereocenters. The van der Waals surface area contributed by atoms with Crippen LogP contribution in [0.3, 0.4) is 0 Å². The Morgan fingerprint density at radius 3 is 2.56 bits per heavy atom. The van der Waals surface area contributed by atoms with Crippen LogP contribution in [0.15, 0.2) is 46.7 Å². The molecule has 2 aromatic rings.